The Bertz CT molecular complexity index is 959. The highest BCUT2D eigenvalue weighted by molar-refractivity contribution is 7.80. The van der Waals surface area contributed by atoms with Crippen LogP contribution >= 0.6 is 7.92 Å². The molecule has 4 aromatic carbocycles. The van der Waals surface area contributed by atoms with Gasteiger partial charge in [0, 0.05) is 10.9 Å². The molecule has 0 unspecified atom stereocenters. The van der Waals surface area contributed by atoms with Crippen LogP contribution in [0.25, 0.3) is 11.1 Å². The Labute approximate surface area is 162 Å². The Morgan fingerprint density at radius 2 is 1.07 bits per heavy atom. The van der Waals surface area contributed by atoms with Gasteiger partial charge in [0.1, 0.15) is 5.75 Å². The zero-order valence-electron chi connectivity index (χ0n) is 15.2. The highest BCUT2D eigenvalue weighted by Gasteiger charge is 2.22. The molecule has 0 aliphatic carbocycles. The van der Waals surface area contributed by atoms with Crippen molar-refractivity contribution >= 4 is 23.8 Å². The Kier molecular flexibility index (Phi) is 5.32. The van der Waals surface area contributed by atoms with Gasteiger partial charge in [0.15, 0.2) is 0 Å². The third-order valence-electron chi connectivity index (χ3n) is 4.55. The van der Waals surface area contributed by atoms with Gasteiger partial charge in [-0.3, -0.25) is 0 Å². The molecule has 0 aliphatic heterocycles. The van der Waals surface area contributed by atoms with Gasteiger partial charge in [-0.25, -0.2) is 0 Å². The largest absolute Gasteiger partial charge is 0.495 e. The van der Waals surface area contributed by atoms with Crippen molar-refractivity contribution in [3.63, 3.8) is 0 Å². The van der Waals surface area contributed by atoms with Crippen LogP contribution in [-0.2, 0) is 0 Å². The van der Waals surface area contributed by atoms with E-state index in [1.165, 1.54) is 21.5 Å². The molecule has 0 aliphatic rings. The first-order valence-electron chi connectivity index (χ1n) is 9.01. The van der Waals surface area contributed by atoms with Crippen LogP contribution in [0.3, 0.4) is 0 Å². The molecule has 0 heterocycles. The molecule has 0 N–H and O–H groups in total. The van der Waals surface area contributed by atoms with Crippen LogP contribution in [0.15, 0.2) is 109 Å². The molecule has 2 heteroatoms. The summed E-state index contributed by atoms with van der Waals surface area (Å²) in [6.45, 7) is 0. The van der Waals surface area contributed by atoms with Crippen molar-refractivity contribution in [2.75, 3.05) is 7.11 Å². The van der Waals surface area contributed by atoms with Crippen LogP contribution in [-0.4, -0.2) is 7.11 Å². The van der Waals surface area contributed by atoms with Crippen LogP contribution in [0.5, 0.6) is 5.75 Å². The van der Waals surface area contributed by atoms with Crippen LogP contribution in [0, 0.1) is 0 Å². The number of para-hydroxylation sites is 1. The lowest BCUT2D eigenvalue weighted by Gasteiger charge is -2.23. The molecule has 0 atom stereocenters. The van der Waals surface area contributed by atoms with Gasteiger partial charge in [-0.1, -0.05) is 109 Å². The summed E-state index contributed by atoms with van der Waals surface area (Å²) in [7, 11) is 1.07. The molecule has 0 fully saturated rings. The fraction of sp³-hybridized carbons (Fsp3) is 0.0400. The Morgan fingerprint density at radius 3 is 1.59 bits per heavy atom. The first-order chi connectivity index (χ1) is 13.4. The van der Waals surface area contributed by atoms with Crippen molar-refractivity contribution in [1.29, 1.82) is 0 Å². The van der Waals surface area contributed by atoms with Crippen molar-refractivity contribution in [3.8, 4) is 16.9 Å². The summed E-state index contributed by atoms with van der Waals surface area (Å²) >= 11 is 0. The third-order valence-corrected chi connectivity index (χ3v) is 7.02. The van der Waals surface area contributed by atoms with Gasteiger partial charge in [-0.2, -0.15) is 0 Å². The molecule has 4 aromatic rings. The van der Waals surface area contributed by atoms with E-state index in [1.807, 2.05) is 6.07 Å². The van der Waals surface area contributed by atoms with Crippen LogP contribution in [0.2, 0.25) is 0 Å². The minimum Gasteiger partial charge on any atom is -0.495 e. The van der Waals surface area contributed by atoms with Gasteiger partial charge in [-0.05, 0) is 24.1 Å². The molecule has 1 nitrogen and oxygen atoms in total. The van der Waals surface area contributed by atoms with E-state index in [-0.39, 0.29) is 0 Å². The SMILES string of the molecule is COc1c(-c2ccccc2)cccc1P(c1ccccc1)c1ccccc1. The van der Waals surface area contributed by atoms with Crippen molar-refractivity contribution in [1.82, 2.24) is 0 Å². The fourth-order valence-electron chi connectivity index (χ4n) is 3.34. The zero-order chi connectivity index (χ0) is 18.5. The van der Waals surface area contributed by atoms with Crippen LogP contribution in [0.4, 0.5) is 0 Å². The second-order valence-electron chi connectivity index (χ2n) is 6.23. The first-order valence-corrected chi connectivity index (χ1v) is 10.4. The highest BCUT2D eigenvalue weighted by atomic mass is 31.1. The van der Waals surface area contributed by atoms with Crippen LogP contribution in [0.1, 0.15) is 0 Å². The Hall–Kier alpha value is -2.89. The normalized spacial score (nSPS) is 10.7. The van der Waals surface area contributed by atoms with Crippen molar-refractivity contribution in [2.24, 2.45) is 0 Å². The standard InChI is InChI=1S/C25H21OP/c1-26-25-23(20-12-5-2-6-13-20)18-11-19-24(25)27(21-14-7-3-8-15-21)22-16-9-4-10-17-22/h2-19H,1H3. The van der Waals surface area contributed by atoms with E-state index in [9.17, 15) is 0 Å². The number of rotatable bonds is 5. The molecule has 0 saturated carbocycles. The Morgan fingerprint density at radius 1 is 0.556 bits per heavy atom. The molecule has 27 heavy (non-hydrogen) atoms. The van der Waals surface area contributed by atoms with Crippen molar-refractivity contribution < 1.29 is 4.74 Å². The second-order valence-corrected chi connectivity index (χ2v) is 8.42. The summed E-state index contributed by atoms with van der Waals surface area (Å²) < 4.78 is 5.97. The molecule has 0 spiro atoms. The summed E-state index contributed by atoms with van der Waals surface area (Å²) in [6, 6.07) is 38.4. The fourth-order valence-corrected chi connectivity index (χ4v) is 5.79. The van der Waals surface area contributed by atoms with Gasteiger partial charge in [-0.15, -0.1) is 0 Å². The third kappa shape index (κ3) is 3.65. The topological polar surface area (TPSA) is 9.23 Å². The summed E-state index contributed by atoms with van der Waals surface area (Å²) in [4.78, 5) is 0. The molecular formula is C25H21OP. The van der Waals surface area contributed by atoms with Crippen molar-refractivity contribution in [3.05, 3.63) is 109 Å². The lowest BCUT2D eigenvalue weighted by molar-refractivity contribution is 0.420. The number of hydrogen-bond donors (Lipinski definition) is 0. The van der Waals surface area contributed by atoms with Gasteiger partial charge < -0.3 is 4.74 Å². The number of ether oxygens (including phenoxy) is 1. The monoisotopic (exact) mass is 368 g/mol. The predicted octanol–water partition coefficient (Wildman–Crippen LogP) is 5.12. The maximum absolute atomic E-state index is 5.97. The maximum Gasteiger partial charge on any atom is 0.134 e. The molecule has 0 saturated heterocycles. The van der Waals surface area contributed by atoms with Gasteiger partial charge in [0.25, 0.3) is 0 Å². The molecular weight excluding hydrogens is 347 g/mol. The number of hydrogen-bond acceptors (Lipinski definition) is 1. The average molecular weight is 368 g/mol. The highest BCUT2D eigenvalue weighted by Crippen LogP contribution is 2.40. The maximum atomic E-state index is 5.97. The van der Waals surface area contributed by atoms with Gasteiger partial charge in [0.05, 0.1) is 7.11 Å². The van der Waals surface area contributed by atoms with Gasteiger partial charge >= 0.3 is 0 Å². The lowest BCUT2D eigenvalue weighted by Crippen LogP contribution is -2.22. The van der Waals surface area contributed by atoms with E-state index >= 15 is 0 Å². The van der Waals surface area contributed by atoms with E-state index in [4.69, 9.17) is 4.74 Å². The van der Waals surface area contributed by atoms with E-state index in [0.717, 1.165) is 11.3 Å². The van der Waals surface area contributed by atoms with Gasteiger partial charge in [0.2, 0.25) is 0 Å². The molecule has 0 bridgehead atoms. The zero-order valence-corrected chi connectivity index (χ0v) is 16.1. The molecule has 4 rings (SSSR count). The molecule has 132 valence electrons. The minimum atomic E-state index is -0.704. The minimum absolute atomic E-state index is 0.704. The molecule has 0 amide bonds. The predicted molar refractivity (Wildman–Crippen MR) is 117 cm³/mol. The number of methoxy groups -OCH3 is 1. The van der Waals surface area contributed by atoms with E-state index in [1.54, 1.807) is 7.11 Å². The van der Waals surface area contributed by atoms with E-state index in [2.05, 4.69) is 103 Å². The van der Waals surface area contributed by atoms with E-state index < -0.39 is 7.92 Å². The molecule has 0 aromatic heterocycles. The smallest absolute Gasteiger partial charge is 0.134 e. The molecule has 0 radical (unpaired) electrons. The number of benzene rings is 4. The summed E-state index contributed by atoms with van der Waals surface area (Å²) in [5, 5.41) is 3.88. The van der Waals surface area contributed by atoms with Crippen LogP contribution < -0.4 is 20.7 Å². The quantitative estimate of drug-likeness (QED) is 0.444. The Balaban J connectivity index is 1.93. The van der Waals surface area contributed by atoms with Crippen molar-refractivity contribution in [2.45, 2.75) is 0 Å². The lowest BCUT2D eigenvalue weighted by atomic mass is 10.0. The summed E-state index contributed by atoms with van der Waals surface area (Å²) in [5.74, 6) is 0.961. The second kappa shape index (κ2) is 8.20. The average Bonchev–Trinajstić information content (AvgIpc) is 2.76. The summed E-state index contributed by atoms with van der Waals surface area (Å²) in [5.41, 5.74) is 2.31. The summed E-state index contributed by atoms with van der Waals surface area (Å²) in [6.07, 6.45) is 0. The van der Waals surface area contributed by atoms with E-state index in [0.29, 0.717) is 0 Å². The first kappa shape index (κ1) is 17.5.